The van der Waals surface area contributed by atoms with Crippen molar-refractivity contribution in [2.45, 2.75) is 50.3 Å². The van der Waals surface area contributed by atoms with E-state index in [4.69, 9.17) is 16.9 Å². The first kappa shape index (κ1) is 27.6. The molecule has 0 spiro atoms. The van der Waals surface area contributed by atoms with Crippen LogP contribution >= 0.6 is 0 Å². The van der Waals surface area contributed by atoms with Gasteiger partial charge in [-0.15, -0.1) is 0 Å². The molecule has 1 saturated heterocycles. The van der Waals surface area contributed by atoms with Crippen LogP contribution < -0.4 is 17.0 Å². The summed E-state index contributed by atoms with van der Waals surface area (Å²) >= 11 is 0. The number of amides is 1. The van der Waals surface area contributed by atoms with Gasteiger partial charge in [-0.1, -0.05) is 42.5 Å². The maximum absolute atomic E-state index is 13.3. The average molecular weight is 567 g/mol. The number of hydrogen-bond donors (Lipinski definition) is 4. The lowest BCUT2D eigenvalue weighted by atomic mass is 9.90. The topological polar surface area (TPSA) is 169 Å². The molecule has 0 radical (unpaired) electrons. The second-order valence-corrected chi connectivity index (χ2v) is 11.4. The molecule has 1 atom stereocenters. The van der Waals surface area contributed by atoms with Crippen molar-refractivity contribution in [2.24, 2.45) is 11.5 Å². The Morgan fingerprint density at radius 3 is 2.60 bits per heavy atom. The highest BCUT2D eigenvalue weighted by molar-refractivity contribution is 6.12. The molecule has 0 saturated carbocycles. The number of nitrogens with zero attached hydrogens (tertiary/aromatic N) is 5. The molecule has 3 heterocycles. The first-order valence-corrected chi connectivity index (χ1v) is 14.1. The molecule has 11 heteroatoms. The summed E-state index contributed by atoms with van der Waals surface area (Å²) in [7, 11) is 0. The Morgan fingerprint density at radius 2 is 1.86 bits per heavy atom. The Labute approximate surface area is 242 Å². The second-order valence-electron chi connectivity index (χ2n) is 11.4. The van der Waals surface area contributed by atoms with Gasteiger partial charge >= 0.3 is 0 Å². The summed E-state index contributed by atoms with van der Waals surface area (Å²) in [4.78, 5) is 32.5. The zero-order valence-electron chi connectivity index (χ0n) is 23.2. The fraction of sp³-hybridized carbons (Fsp3) is 0.323. The van der Waals surface area contributed by atoms with Crippen molar-refractivity contribution in [3.05, 3.63) is 99.4 Å². The smallest absolute Gasteiger partial charge is 0.296 e. The van der Waals surface area contributed by atoms with Crippen molar-refractivity contribution in [2.75, 3.05) is 13.1 Å². The summed E-state index contributed by atoms with van der Waals surface area (Å²) in [6, 6.07) is 15.8. The van der Waals surface area contributed by atoms with Gasteiger partial charge in [-0.2, -0.15) is 5.10 Å². The van der Waals surface area contributed by atoms with Crippen LogP contribution in [0.3, 0.4) is 0 Å². The highest BCUT2D eigenvalue weighted by Gasteiger charge is 2.36. The number of aromatic nitrogens is 4. The molecule has 2 aliphatic rings. The molecule has 0 bridgehead atoms. The van der Waals surface area contributed by atoms with E-state index in [1.165, 1.54) is 26.5 Å². The number of aliphatic hydroxyl groups is 1. The van der Waals surface area contributed by atoms with Crippen LogP contribution in [0.5, 0.6) is 0 Å². The van der Waals surface area contributed by atoms with Crippen molar-refractivity contribution in [1.82, 2.24) is 24.1 Å². The Balaban J connectivity index is 1.15. The number of fused-ring (bicyclic) bond motifs is 2. The van der Waals surface area contributed by atoms with Crippen LogP contribution in [0.15, 0.2) is 77.1 Å². The van der Waals surface area contributed by atoms with Gasteiger partial charge < -0.3 is 26.9 Å². The summed E-state index contributed by atoms with van der Waals surface area (Å²) in [6.07, 6.45) is 6.64. The minimum atomic E-state index is -1.21. The summed E-state index contributed by atoms with van der Waals surface area (Å²) in [5.41, 5.74) is 16.5. The van der Waals surface area contributed by atoms with Gasteiger partial charge in [0.25, 0.3) is 11.5 Å². The summed E-state index contributed by atoms with van der Waals surface area (Å²) < 4.78 is 2.91. The van der Waals surface area contributed by atoms with Gasteiger partial charge in [0, 0.05) is 43.0 Å². The van der Waals surface area contributed by atoms with E-state index >= 15 is 0 Å². The average Bonchev–Trinajstić information content (AvgIpc) is 3.58. The van der Waals surface area contributed by atoms with Crippen LogP contribution in [0.1, 0.15) is 29.5 Å². The van der Waals surface area contributed by atoms with Gasteiger partial charge in [0.2, 0.25) is 5.65 Å². The van der Waals surface area contributed by atoms with E-state index in [0.29, 0.717) is 17.8 Å². The van der Waals surface area contributed by atoms with E-state index in [-0.39, 0.29) is 61.2 Å². The molecule has 6 rings (SSSR count). The predicted octanol–water partition coefficient (Wildman–Crippen LogP) is 1.44. The summed E-state index contributed by atoms with van der Waals surface area (Å²) in [6.45, 7) is 0.566. The van der Waals surface area contributed by atoms with E-state index in [1.807, 2.05) is 36.4 Å². The predicted molar refractivity (Wildman–Crippen MR) is 159 cm³/mol. The number of imidazole rings is 1. The molecule has 2 aromatic heterocycles. The number of piperidine rings is 1. The van der Waals surface area contributed by atoms with Crippen LogP contribution in [-0.4, -0.2) is 66.0 Å². The Hall–Kier alpha value is -4.61. The largest absolute Gasteiger partial charge is 0.401 e. The van der Waals surface area contributed by atoms with Crippen molar-refractivity contribution in [3.8, 4) is 11.3 Å². The highest BCUT2D eigenvalue weighted by atomic mass is 16.3. The van der Waals surface area contributed by atoms with Gasteiger partial charge in [-0.3, -0.25) is 14.2 Å². The molecule has 216 valence electrons. The first-order chi connectivity index (χ1) is 20.2. The lowest BCUT2D eigenvalue weighted by Crippen LogP contribution is -2.50. The van der Waals surface area contributed by atoms with Gasteiger partial charge in [-0.05, 0) is 48.4 Å². The molecule has 1 unspecified atom stereocenters. The zero-order chi connectivity index (χ0) is 29.4. The van der Waals surface area contributed by atoms with Crippen LogP contribution in [0, 0.1) is 5.41 Å². The quantitative estimate of drug-likeness (QED) is 0.194. The zero-order valence-corrected chi connectivity index (χ0v) is 23.2. The van der Waals surface area contributed by atoms with E-state index in [2.05, 4.69) is 22.2 Å². The van der Waals surface area contributed by atoms with Crippen LogP contribution in [-0.2, 0) is 30.6 Å². The number of hydrogen-bond acceptors (Lipinski definition) is 8. The van der Waals surface area contributed by atoms with Crippen molar-refractivity contribution in [1.29, 1.82) is 5.41 Å². The monoisotopic (exact) mass is 566 g/mol. The maximum atomic E-state index is 13.3. The number of allylic oxidation sites excluding steroid dienone is 1. The SMILES string of the molecule is N=CC(C(=O)N1CCC(O)(Cn2cnn3c(-c4ccc5c(c4)CC(N)C5)cnc3c2=O)CC1)=C(N)Cc1ccccc1. The van der Waals surface area contributed by atoms with Gasteiger partial charge in [-0.25, -0.2) is 9.50 Å². The lowest BCUT2D eigenvalue weighted by Gasteiger charge is -2.38. The maximum Gasteiger partial charge on any atom is 0.296 e. The summed E-state index contributed by atoms with van der Waals surface area (Å²) in [5.74, 6) is -0.334. The van der Waals surface area contributed by atoms with Gasteiger partial charge in [0.05, 0.1) is 29.6 Å². The molecular weight excluding hydrogens is 532 g/mol. The van der Waals surface area contributed by atoms with Gasteiger partial charge in [0.15, 0.2) is 0 Å². The molecule has 1 fully saturated rings. The Bertz CT molecular complexity index is 1750. The number of likely N-dealkylation sites (tertiary alicyclic amines) is 1. The van der Waals surface area contributed by atoms with Gasteiger partial charge in [0.1, 0.15) is 6.33 Å². The third-order valence-electron chi connectivity index (χ3n) is 8.37. The fourth-order valence-electron chi connectivity index (χ4n) is 6.00. The van der Waals surface area contributed by atoms with E-state index in [0.717, 1.165) is 30.2 Å². The van der Waals surface area contributed by atoms with Crippen molar-refractivity contribution >= 4 is 17.8 Å². The van der Waals surface area contributed by atoms with E-state index in [9.17, 15) is 14.7 Å². The second kappa shape index (κ2) is 11.0. The molecule has 2 aromatic carbocycles. The van der Waals surface area contributed by atoms with Crippen LogP contribution in [0.25, 0.3) is 16.9 Å². The number of nitrogens with one attached hydrogen (secondary N) is 1. The number of rotatable bonds is 7. The minimum absolute atomic E-state index is 0.0275. The molecule has 1 amide bonds. The molecule has 6 N–H and O–H groups in total. The molecule has 1 aliphatic carbocycles. The Morgan fingerprint density at radius 1 is 1.12 bits per heavy atom. The minimum Gasteiger partial charge on any atom is -0.401 e. The molecule has 42 heavy (non-hydrogen) atoms. The first-order valence-electron chi connectivity index (χ1n) is 14.1. The number of nitrogens with two attached hydrogens (primary N) is 2. The molecular formula is C31H34N8O3. The van der Waals surface area contributed by atoms with Crippen LogP contribution in [0.2, 0.25) is 0 Å². The van der Waals surface area contributed by atoms with E-state index < -0.39 is 5.60 Å². The number of benzene rings is 2. The van der Waals surface area contributed by atoms with Crippen molar-refractivity contribution < 1.29 is 9.90 Å². The molecule has 11 nitrogen and oxygen atoms in total. The third kappa shape index (κ3) is 5.24. The fourth-order valence-corrected chi connectivity index (χ4v) is 6.00. The normalized spacial score (nSPS) is 18.5. The molecule has 4 aromatic rings. The number of carbonyl (C=O) groups excluding carboxylic acids is 1. The summed E-state index contributed by atoms with van der Waals surface area (Å²) in [5, 5.41) is 23.7. The lowest BCUT2D eigenvalue weighted by molar-refractivity contribution is -0.131. The standard InChI is InChI=1S/C31H34N8O3/c32-16-25(26(34)12-20-4-2-1-3-5-20)29(40)37-10-8-31(42,9-11-37)18-38-19-36-39-27(17-35-28(39)30(38)41)22-7-6-21-14-24(33)15-23(21)13-22/h1-7,13,16-17,19,24,32,42H,8-12,14-15,18,33-34H2. The Kier molecular flexibility index (Phi) is 7.21. The molecule has 1 aliphatic heterocycles. The third-order valence-corrected chi connectivity index (χ3v) is 8.37. The highest BCUT2D eigenvalue weighted by Crippen LogP contribution is 2.28. The number of carbonyl (C=O) groups is 1. The van der Waals surface area contributed by atoms with E-state index in [1.54, 1.807) is 11.1 Å². The van der Waals surface area contributed by atoms with Crippen LogP contribution in [0.4, 0.5) is 0 Å². The van der Waals surface area contributed by atoms with Crippen molar-refractivity contribution in [3.63, 3.8) is 0 Å².